The maximum Gasteiger partial charge on any atom is 0.130 e. The summed E-state index contributed by atoms with van der Waals surface area (Å²) in [4.78, 5) is 4.30. The Labute approximate surface area is 113 Å². The van der Waals surface area contributed by atoms with Crippen LogP contribution in [0.5, 0.6) is 11.5 Å². The molecule has 0 spiro atoms. The minimum Gasteiger partial charge on any atom is -0.497 e. The second-order valence-corrected chi connectivity index (χ2v) is 4.28. The third kappa shape index (κ3) is 3.45. The summed E-state index contributed by atoms with van der Waals surface area (Å²) in [5, 5.41) is 0. The van der Waals surface area contributed by atoms with E-state index in [9.17, 15) is 0 Å². The minimum atomic E-state index is 0.434. The Morgan fingerprint density at radius 2 is 2.00 bits per heavy atom. The zero-order chi connectivity index (χ0) is 13.7. The standard InChI is InChI=1S/C15H18N2O2/c1-11-4-3-5-17-15(11)10-19-14-7-12(9-16)6-13(8-14)18-2/h3-8H,9-10,16H2,1-2H3. The number of aryl methyl sites for hydroxylation is 1. The third-order valence-electron chi connectivity index (χ3n) is 2.90. The smallest absolute Gasteiger partial charge is 0.130 e. The molecule has 100 valence electrons. The molecule has 0 unspecified atom stereocenters. The van der Waals surface area contributed by atoms with Crippen molar-refractivity contribution in [3.8, 4) is 11.5 Å². The van der Waals surface area contributed by atoms with Gasteiger partial charge in [0.1, 0.15) is 18.1 Å². The maximum absolute atomic E-state index is 5.76. The molecule has 0 saturated carbocycles. The molecular weight excluding hydrogens is 240 g/mol. The molecule has 0 aliphatic rings. The predicted octanol–water partition coefficient (Wildman–Crippen LogP) is 2.44. The summed E-state index contributed by atoms with van der Waals surface area (Å²) in [6.45, 7) is 2.91. The van der Waals surface area contributed by atoms with E-state index in [4.69, 9.17) is 15.2 Å². The molecule has 4 heteroatoms. The van der Waals surface area contributed by atoms with Crippen LogP contribution in [-0.2, 0) is 13.2 Å². The van der Waals surface area contributed by atoms with Crippen LogP contribution in [0.25, 0.3) is 0 Å². The first kappa shape index (κ1) is 13.4. The first-order valence-corrected chi connectivity index (χ1v) is 6.14. The highest BCUT2D eigenvalue weighted by molar-refractivity contribution is 5.38. The highest BCUT2D eigenvalue weighted by Crippen LogP contribution is 2.23. The lowest BCUT2D eigenvalue weighted by molar-refractivity contribution is 0.297. The van der Waals surface area contributed by atoms with Crippen LogP contribution in [-0.4, -0.2) is 12.1 Å². The molecule has 19 heavy (non-hydrogen) atoms. The van der Waals surface area contributed by atoms with Gasteiger partial charge in [0.25, 0.3) is 0 Å². The molecule has 4 nitrogen and oxygen atoms in total. The van der Waals surface area contributed by atoms with Crippen molar-refractivity contribution in [3.05, 3.63) is 53.3 Å². The van der Waals surface area contributed by atoms with Crippen molar-refractivity contribution in [1.29, 1.82) is 0 Å². The average molecular weight is 258 g/mol. The number of nitrogens with two attached hydrogens (primary N) is 1. The summed E-state index contributed by atoms with van der Waals surface area (Å²) in [5.74, 6) is 1.49. The summed E-state index contributed by atoms with van der Waals surface area (Å²) >= 11 is 0. The molecule has 0 atom stereocenters. The molecule has 2 rings (SSSR count). The summed E-state index contributed by atoms with van der Waals surface area (Å²) in [6, 6.07) is 9.59. The average Bonchev–Trinajstić information content (AvgIpc) is 2.46. The van der Waals surface area contributed by atoms with E-state index in [0.29, 0.717) is 13.2 Å². The van der Waals surface area contributed by atoms with Gasteiger partial charge in [0, 0.05) is 18.8 Å². The van der Waals surface area contributed by atoms with E-state index >= 15 is 0 Å². The van der Waals surface area contributed by atoms with Crippen LogP contribution in [0, 0.1) is 6.92 Å². The van der Waals surface area contributed by atoms with Gasteiger partial charge < -0.3 is 15.2 Å². The number of rotatable bonds is 5. The zero-order valence-corrected chi connectivity index (χ0v) is 11.2. The molecule has 2 aromatic rings. The molecule has 1 aromatic carbocycles. The van der Waals surface area contributed by atoms with Crippen LogP contribution < -0.4 is 15.2 Å². The zero-order valence-electron chi connectivity index (χ0n) is 11.2. The molecule has 2 N–H and O–H groups in total. The number of ether oxygens (including phenoxy) is 2. The van der Waals surface area contributed by atoms with Gasteiger partial charge in [0.15, 0.2) is 0 Å². The maximum atomic E-state index is 5.76. The van der Waals surface area contributed by atoms with Crippen molar-refractivity contribution in [3.63, 3.8) is 0 Å². The second kappa shape index (κ2) is 6.20. The number of benzene rings is 1. The minimum absolute atomic E-state index is 0.434. The van der Waals surface area contributed by atoms with Crippen LogP contribution in [0.1, 0.15) is 16.8 Å². The van der Waals surface area contributed by atoms with Gasteiger partial charge in [-0.2, -0.15) is 0 Å². The van der Waals surface area contributed by atoms with Crippen molar-refractivity contribution in [2.75, 3.05) is 7.11 Å². The van der Waals surface area contributed by atoms with Gasteiger partial charge in [0.2, 0.25) is 0 Å². The second-order valence-electron chi connectivity index (χ2n) is 4.28. The monoisotopic (exact) mass is 258 g/mol. The van der Waals surface area contributed by atoms with E-state index in [1.807, 2.05) is 37.3 Å². The lowest BCUT2D eigenvalue weighted by Crippen LogP contribution is -2.02. The van der Waals surface area contributed by atoms with E-state index in [1.54, 1.807) is 13.3 Å². The van der Waals surface area contributed by atoms with Gasteiger partial charge >= 0.3 is 0 Å². The molecule has 0 fully saturated rings. The molecule has 0 amide bonds. The molecule has 0 saturated heterocycles. The highest BCUT2D eigenvalue weighted by Gasteiger charge is 2.04. The normalized spacial score (nSPS) is 10.3. The van der Waals surface area contributed by atoms with Crippen molar-refractivity contribution < 1.29 is 9.47 Å². The molecular formula is C15H18N2O2. The van der Waals surface area contributed by atoms with Crippen LogP contribution in [0.2, 0.25) is 0 Å². The van der Waals surface area contributed by atoms with Crippen LogP contribution in [0.3, 0.4) is 0 Å². The Balaban J connectivity index is 2.13. The van der Waals surface area contributed by atoms with Gasteiger partial charge in [0.05, 0.1) is 12.8 Å². The Morgan fingerprint density at radius 3 is 2.68 bits per heavy atom. The number of hydrogen-bond acceptors (Lipinski definition) is 4. The first-order valence-electron chi connectivity index (χ1n) is 6.14. The van der Waals surface area contributed by atoms with Gasteiger partial charge in [-0.05, 0) is 36.2 Å². The number of aromatic nitrogens is 1. The van der Waals surface area contributed by atoms with Gasteiger partial charge in [-0.1, -0.05) is 6.07 Å². The fraction of sp³-hybridized carbons (Fsp3) is 0.267. The number of hydrogen-bond donors (Lipinski definition) is 1. The number of methoxy groups -OCH3 is 1. The van der Waals surface area contributed by atoms with E-state index in [1.165, 1.54) is 0 Å². The Bertz CT molecular complexity index is 533. The van der Waals surface area contributed by atoms with Crippen LogP contribution in [0.4, 0.5) is 0 Å². The Morgan fingerprint density at radius 1 is 1.21 bits per heavy atom. The SMILES string of the molecule is COc1cc(CN)cc(OCc2ncccc2C)c1. The Kier molecular flexibility index (Phi) is 4.36. The third-order valence-corrected chi connectivity index (χ3v) is 2.90. The van der Waals surface area contributed by atoms with E-state index in [-0.39, 0.29) is 0 Å². The fourth-order valence-corrected chi connectivity index (χ4v) is 1.77. The van der Waals surface area contributed by atoms with E-state index < -0.39 is 0 Å². The summed E-state index contributed by atoms with van der Waals surface area (Å²) in [6.07, 6.45) is 1.77. The Hall–Kier alpha value is -2.07. The predicted molar refractivity (Wildman–Crippen MR) is 74.2 cm³/mol. The van der Waals surface area contributed by atoms with Crippen molar-refractivity contribution in [1.82, 2.24) is 4.98 Å². The van der Waals surface area contributed by atoms with Crippen molar-refractivity contribution in [2.45, 2.75) is 20.1 Å². The number of nitrogens with zero attached hydrogens (tertiary/aromatic N) is 1. The fourth-order valence-electron chi connectivity index (χ4n) is 1.77. The topological polar surface area (TPSA) is 57.4 Å². The first-order chi connectivity index (χ1) is 9.22. The molecule has 0 aliphatic heterocycles. The molecule has 0 aliphatic carbocycles. The van der Waals surface area contributed by atoms with E-state index in [2.05, 4.69) is 4.98 Å². The van der Waals surface area contributed by atoms with E-state index in [0.717, 1.165) is 28.3 Å². The van der Waals surface area contributed by atoms with Gasteiger partial charge in [-0.15, -0.1) is 0 Å². The van der Waals surface area contributed by atoms with Crippen LogP contribution >= 0.6 is 0 Å². The number of pyridine rings is 1. The van der Waals surface area contributed by atoms with Gasteiger partial charge in [-0.3, -0.25) is 4.98 Å². The van der Waals surface area contributed by atoms with Gasteiger partial charge in [-0.25, -0.2) is 0 Å². The lowest BCUT2D eigenvalue weighted by Gasteiger charge is -2.10. The summed E-state index contributed by atoms with van der Waals surface area (Å²) in [5.41, 5.74) is 8.67. The van der Waals surface area contributed by atoms with Crippen molar-refractivity contribution in [2.24, 2.45) is 5.73 Å². The molecule has 1 heterocycles. The highest BCUT2D eigenvalue weighted by atomic mass is 16.5. The molecule has 1 aromatic heterocycles. The lowest BCUT2D eigenvalue weighted by atomic mass is 10.2. The summed E-state index contributed by atoms with van der Waals surface area (Å²) < 4.78 is 11.0. The van der Waals surface area contributed by atoms with Crippen molar-refractivity contribution >= 4 is 0 Å². The quantitative estimate of drug-likeness (QED) is 0.895. The largest absolute Gasteiger partial charge is 0.497 e. The molecule has 0 bridgehead atoms. The van der Waals surface area contributed by atoms with Crippen LogP contribution in [0.15, 0.2) is 36.5 Å². The summed E-state index contributed by atoms with van der Waals surface area (Å²) in [7, 11) is 1.63. The molecule has 0 radical (unpaired) electrons.